The van der Waals surface area contributed by atoms with Crippen LogP contribution in [-0.4, -0.2) is 72.4 Å². The monoisotopic (exact) mass is 593 g/mol. The minimum absolute atomic E-state index is 0.00196. The molecule has 4 atom stereocenters. The second kappa shape index (κ2) is 12.3. The molecule has 1 aliphatic heterocycles. The van der Waals surface area contributed by atoms with Gasteiger partial charge in [0.1, 0.15) is 35.4 Å². The van der Waals surface area contributed by atoms with Crippen molar-refractivity contribution >= 4 is 22.8 Å². The van der Waals surface area contributed by atoms with Gasteiger partial charge in [0.05, 0.1) is 38.9 Å². The van der Waals surface area contributed by atoms with E-state index in [9.17, 15) is 4.79 Å². The molecule has 0 unspecified atom stereocenters. The van der Waals surface area contributed by atoms with Gasteiger partial charge in [-0.05, 0) is 63.6 Å². The number of hydrogen-bond acceptors (Lipinski definition) is 10. The van der Waals surface area contributed by atoms with Crippen LogP contribution in [0.5, 0.6) is 11.5 Å². The van der Waals surface area contributed by atoms with Crippen molar-refractivity contribution in [2.24, 2.45) is 11.8 Å². The van der Waals surface area contributed by atoms with Crippen LogP contribution >= 0.6 is 0 Å². The first kappa shape index (κ1) is 29.7. The minimum atomic E-state index is -0.635. The first-order valence-corrected chi connectivity index (χ1v) is 15.2. The maximum atomic E-state index is 11.5. The number of nitrogens with one attached hydrogen (secondary N) is 2. The highest BCUT2D eigenvalue weighted by molar-refractivity contribution is 5.87. The molecule has 2 N–H and O–H groups in total. The number of benzene rings is 1. The van der Waals surface area contributed by atoms with Gasteiger partial charge in [-0.25, -0.2) is 9.97 Å². The third-order valence-electron chi connectivity index (χ3n) is 9.25. The number of esters is 1. The SMILES string of the molecule is COC(=O)CCC1CC(NC[C@H]2C[C@@H](n3ccc4c(NCc5ccc(OC)cc5OC)ncnc43)[C@@H]3OC(C)(C)O[C@H]23)C1. The van der Waals surface area contributed by atoms with Crippen LogP contribution in [-0.2, 0) is 25.5 Å². The van der Waals surface area contributed by atoms with Crippen molar-refractivity contribution in [1.29, 1.82) is 0 Å². The number of methoxy groups -OCH3 is 3. The summed E-state index contributed by atoms with van der Waals surface area (Å²) in [5.41, 5.74) is 1.88. The summed E-state index contributed by atoms with van der Waals surface area (Å²) < 4.78 is 30.9. The molecule has 0 bridgehead atoms. The van der Waals surface area contributed by atoms with Gasteiger partial charge in [-0.2, -0.15) is 0 Å². The van der Waals surface area contributed by atoms with Crippen molar-refractivity contribution in [3.05, 3.63) is 42.4 Å². The lowest BCUT2D eigenvalue weighted by Gasteiger charge is -2.37. The smallest absolute Gasteiger partial charge is 0.305 e. The zero-order valence-corrected chi connectivity index (χ0v) is 25.7. The van der Waals surface area contributed by atoms with Crippen LogP contribution in [0.1, 0.15) is 57.6 Å². The normalized spacial score (nSPS) is 27.5. The maximum Gasteiger partial charge on any atom is 0.305 e. The quantitative estimate of drug-likeness (QED) is 0.292. The molecule has 1 aromatic carbocycles. The molecule has 2 aromatic heterocycles. The molecule has 0 radical (unpaired) electrons. The molecule has 11 nitrogen and oxygen atoms in total. The summed E-state index contributed by atoms with van der Waals surface area (Å²) in [4.78, 5) is 20.7. The number of carbonyl (C=O) groups is 1. The van der Waals surface area contributed by atoms with Crippen molar-refractivity contribution in [2.45, 2.75) is 82.6 Å². The van der Waals surface area contributed by atoms with Crippen LogP contribution in [0.15, 0.2) is 36.8 Å². The van der Waals surface area contributed by atoms with E-state index in [2.05, 4.69) is 32.4 Å². The van der Waals surface area contributed by atoms with Gasteiger partial charge >= 0.3 is 5.97 Å². The molecule has 3 heterocycles. The molecule has 2 saturated carbocycles. The first-order valence-electron chi connectivity index (χ1n) is 15.2. The molecule has 6 rings (SSSR count). The zero-order chi connectivity index (χ0) is 30.1. The van der Waals surface area contributed by atoms with Crippen LogP contribution < -0.4 is 20.1 Å². The lowest BCUT2D eigenvalue weighted by molar-refractivity contribution is -0.160. The fourth-order valence-electron chi connectivity index (χ4n) is 6.97. The van der Waals surface area contributed by atoms with Crippen molar-refractivity contribution in [2.75, 3.05) is 33.2 Å². The molecule has 0 amide bonds. The van der Waals surface area contributed by atoms with E-state index in [1.54, 1.807) is 20.5 Å². The molecule has 3 fully saturated rings. The Hall–Kier alpha value is -3.41. The van der Waals surface area contributed by atoms with Crippen molar-refractivity contribution in [1.82, 2.24) is 19.9 Å². The fourth-order valence-corrected chi connectivity index (χ4v) is 6.97. The lowest BCUT2D eigenvalue weighted by atomic mass is 9.77. The molecular weight excluding hydrogens is 550 g/mol. The summed E-state index contributed by atoms with van der Waals surface area (Å²) >= 11 is 0. The Morgan fingerprint density at radius 2 is 1.88 bits per heavy atom. The molecule has 3 aromatic rings. The van der Waals surface area contributed by atoms with E-state index >= 15 is 0 Å². The molecule has 0 spiro atoms. The van der Waals surface area contributed by atoms with Crippen LogP contribution in [0.2, 0.25) is 0 Å². The maximum absolute atomic E-state index is 11.5. The standard InChI is InChI=1S/C32H43N5O6/c1-32(2)42-28-21(17-33-22-12-19(13-22)6-9-27(38)41-5)14-25(29(28)43-32)37-11-10-24-30(35-18-36-31(24)37)34-16-20-7-8-23(39-3)15-26(20)40-4/h7-8,10-11,15,18-19,21-22,25,28-29,33H,6,9,12-14,16-17H2,1-5H3,(H,34,35,36)/t19?,21-,22?,25-,28-,29+/m1/s1. The van der Waals surface area contributed by atoms with E-state index in [0.29, 0.717) is 30.8 Å². The summed E-state index contributed by atoms with van der Waals surface area (Å²) in [5.74, 6) is 2.42. The molecule has 3 aliphatic rings. The van der Waals surface area contributed by atoms with E-state index in [-0.39, 0.29) is 24.2 Å². The van der Waals surface area contributed by atoms with E-state index in [0.717, 1.165) is 66.1 Å². The number of anilines is 1. The summed E-state index contributed by atoms with van der Waals surface area (Å²) in [6, 6.07) is 8.44. The van der Waals surface area contributed by atoms with E-state index < -0.39 is 5.79 Å². The van der Waals surface area contributed by atoms with Gasteiger partial charge in [0.2, 0.25) is 0 Å². The average molecular weight is 594 g/mol. The highest BCUT2D eigenvalue weighted by Crippen LogP contribution is 2.48. The predicted octanol–water partition coefficient (Wildman–Crippen LogP) is 4.46. The van der Waals surface area contributed by atoms with E-state index in [1.165, 1.54) is 7.11 Å². The highest BCUT2D eigenvalue weighted by atomic mass is 16.8. The third kappa shape index (κ3) is 6.16. The van der Waals surface area contributed by atoms with Crippen LogP contribution in [0.4, 0.5) is 5.82 Å². The number of fused-ring (bicyclic) bond motifs is 2. The average Bonchev–Trinajstić information content (AvgIpc) is 3.65. The number of rotatable bonds is 12. The predicted molar refractivity (Wildman–Crippen MR) is 161 cm³/mol. The Labute approximate surface area is 252 Å². The van der Waals surface area contributed by atoms with Gasteiger partial charge in [-0.15, -0.1) is 0 Å². The first-order chi connectivity index (χ1) is 20.8. The van der Waals surface area contributed by atoms with Gasteiger partial charge < -0.3 is 38.9 Å². The number of ether oxygens (including phenoxy) is 5. The van der Waals surface area contributed by atoms with Crippen LogP contribution in [0.25, 0.3) is 11.0 Å². The van der Waals surface area contributed by atoms with Gasteiger partial charge in [0.25, 0.3) is 0 Å². The Kier molecular flexibility index (Phi) is 8.48. The Bertz CT molecular complexity index is 1440. The summed E-state index contributed by atoms with van der Waals surface area (Å²) in [7, 11) is 4.75. The summed E-state index contributed by atoms with van der Waals surface area (Å²) in [6.07, 6.45) is 8.18. The molecule has 2 aliphatic carbocycles. The molecular formula is C32H43N5O6. The number of carbonyl (C=O) groups excluding carboxylic acids is 1. The van der Waals surface area contributed by atoms with Crippen LogP contribution in [0.3, 0.4) is 0 Å². The minimum Gasteiger partial charge on any atom is -0.497 e. The Morgan fingerprint density at radius 3 is 2.65 bits per heavy atom. The van der Waals surface area contributed by atoms with E-state index in [4.69, 9.17) is 28.7 Å². The fraction of sp³-hybridized carbons (Fsp3) is 0.594. The molecule has 232 valence electrons. The summed E-state index contributed by atoms with van der Waals surface area (Å²) in [5, 5.41) is 8.21. The van der Waals surface area contributed by atoms with Gasteiger partial charge in [-0.3, -0.25) is 4.79 Å². The van der Waals surface area contributed by atoms with Crippen LogP contribution in [0, 0.1) is 11.8 Å². The zero-order valence-electron chi connectivity index (χ0n) is 25.7. The van der Waals surface area contributed by atoms with Crippen molar-refractivity contribution in [3.8, 4) is 11.5 Å². The van der Waals surface area contributed by atoms with Gasteiger partial charge in [-0.1, -0.05) is 0 Å². The topological polar surface area (TPSA) is 118 Å². The molecule has 1 saturated heterocycles. The number of aromatic nitrogens is 3. The molecule has 43 heavy (non-hydrogen) atoms. The second-order valence-corrected chi connectivity index (χ2v) is 12.4. The number of hydrogen-bond donors (Lipinski definition) is 2. The van der Waals surface area contributed by atoms with Gasteiger partial charge in [0.15, 0.2) is 5.79 Å². The summed E-state index contributed by atoms with van der Waals surface area (Å²) in [6.45, 7) is 5.41. The largest absolute Gasteiger partial charge is 0.497 e. The Morgan fingerprint density at radius 1 is 1.07 bits per heavy atom. The highest BCUT2D eigenvalue weighted by Gasteiger charge is 2.54. The Balaban J connectivity index is 1.13. The van der Waals surface area contributed by atoms with Gasteiger partial charge in [0, 0.05) is 49.3 Å². The third-order valence-corrected chi connectivity index (χ3v) is 9.25. The van der Waals surface area contributed by atoms with Crippen molar-refractivity contribution < 1.29 is 28.5 Å². The van der Waals surface area contributed by atoms with E-state index in [1.807, 2.05) is 32.0 Å². The van der Waals surface area contributed by atoms with Crippen molar-refractivity contribution in [3.63, 3.8) is 0 Å². The number of nitrogens with zero attached hydrogens (tertiary/aromatic N) is 3. The molecule has 11 heteroatoms. The lowest BCUT2D eigenvalue weighted by Crippen LogP contribution is -2.44. The second-order valence-electron chi connectivity index (χ2n) is 12.4.